The van der Waals surface area contributed by atoms with E-state index in [1.165, 1.54) is 38.5 Å². The lowest BCUT2D eigenvalue weighted by Gasteiger charge is -2.34. The molecule has 0 aromatic heterocycles. The van der Waals surface area contributed by atoms with Crippen LogP contribution in [0.4, 0.5) is 0 Å². The summed E-state index contributed by atoms with van der Waals surface area (Å²) < 4.78 is 6.04. The average molecular weight is 381 g/mol. The number of aliphatic imine (C=N–C) groups is 1. The Morgan fingerprint density at radius 3 is 2.37 bits per heavy atom. The van der Waals surface area contributed by atoms with Crippen molar-refractivity contribution in [3.05, 3.63) is 0 Å². The molecule has 1 heterocycles. The molecule has 2 aliphatic rings. The van der Waals surface area contributed by atoms with Crippen LogP contribution in [0.2, 0.25) is 0 Å². The monoisotopic (exact) mass is 380 g/mol. The molecule has 2 fully saturated rings. The minimum Gasteiger partial charge on any atom is -0.376 e. The highest BCUT2D eigenvalue weighted by Gasteiger charge is 2.24. The lowest BCUT2D eigenvalue weighted by atomic mass is 10.0. The summed E-state index contributed by atoms with van der Waals surface area (Å²) in [6.07, 6.45) is 10.1. The number of ether oxygens (including phenoxy) is 1. The SMILES string of the molecule is CCNC(=NCCOC1CCCCCC1)NC1CCN(C(=O)C(C)C)CC1. The van der Waals surface area contributed by atoms with Crippen molar-refractivity contribution < 1.29 is 9.53 Å². The summed E-state index contributed by atoms with van der Waals surface area (Å²) in [5.74, 6) is 1.22. The van der Waals surface area contributed by atoms with Gasteiger partial charge in [-0.05, 0) is 32.6 Å². The summed E-state index contributed by atoms with van der Waals surface area (Å²) in [7, 11) is 0. The summed E-state index contributed by atoms with van der Waals surface area (Å²) in [6.45, 7) is 9.93. The standard InChI is InChI=1S/C21H40N4O2/c1-4-22-21(23-13-16-27-19-9-7-5-6-8-10-19)24-18-11-14-25(15-12-18)20(26)17(2)3/h17-19H,4-16H2,1-3H3,(H2,22,23,24). The molecule has 1 amide bonds. The van der Waals surface area contributed by atoms with Gasteiger partial charge in [0, 0.05) is 31.6 Å². The number of hydrogen-bond acceptors (Lipinski definition) is 3. The van der Waals surface area contributed by atoms with Crippen molar-refractivity contribution in [1.82, 2.24) is 15.5 Å². The van der Waals surface area contributed by atoms with Gasteiger partial charge in [0.2, 0.25) is 5.91 Å². The second kappa shape index (κ2) is 12.2. The Morgan fingerprint density at radius 1 is 1.11 bits per heavy atom. The maximum atomic E-state index is 12.1. The third-order valence-electron chi connectivity index (χ3n) is 5.50. The van der Waals surface area contributed by atoms with Crippen LogP contribution in [0.5, 0.6) is 0 Å². The highest BCUT2D eigenvalue weighted by Crippen LogP contribution is 2.19. The Balaban J connectivity index is 1.71. The van der Waals surface area contributed by atoms with E-state index in [0.29, 0.717) is 25.3 Å². The zero-order valence-electron chi connectivity index (χ0n) is 17.6. The van der Waals surface area contributed by atoms with Gasteiger partial charge in [-0.3, -0.25) is 9.79 Å². The Labute approximate surface area is 165 Å². The predicted octanol–water partition coefficient (Wildman–Crippen LogP) is 2.93. The molecular formula is C21H40N4O2. The number of piperidine rings is 1. The molecule has 0 spiro atoms. The smallest absolute Gasteiger partial charge is 0.225 e. The second-order valence-electron chi connectivity index (χ2n) is 8.14. The average Bonchev–Trinajstić information content (AvgIpc) is 2.94. The topological polar surface area (TPSA) is 66.0 Å². The molecule has 156 valence electrons. The molecule has 1 aliphatic heterocycles. The van der Waals surface area contributed by atoms with Crippen LogP contribution in [-0.2, 0) is 9.53 Å². The molecule has 0 atom stereocenters. The molecule has 0 aromatic rings. The van der Waals surface area contributed by atoms with Crippen molar-refractivity contribution in [2.45, 2.75) is 84.3 Å². The fraction of sp³-hybridized carbons (Fsp3) is 0.905. The fourth-order valence-corrected chi connectivity index (χ4v) is 3.91. The zero-order valence-corrected chi connectivity index (χ0v) is 17.6. The Morgan fingerprint density at radius 2 is 1.78 bits per heavy atom. The quantitative estimate of drug-likeness (QED) is 0.308. The summed E-state index contributed by atoms with van der Waals surface area (Å²) in [6, 6.07) is 0.377. The van der Waals surface area contributed by atoms with Crippen LogP contribution in [0.25, 0.3) is 0 Å². The van der Waals surface area contributed by atoms with Crippen molar-refractivity contribution in [2.75, 3.05) is 32.8 Å². The van der Waals surface area contributed by atoms with Gasteiger partial charge in [-0.25, -0.2) is 0 Å². The third kappa shape index (κ3) is 8.08. The zero-order chi connectivity index (χ0) is 19.5. The summed E-state index contributed by atoms with van der Waals surface area (Å²) in [4.78, 5) is 18.8. The van der Waals surface area contributed by atoms with Crippen LogP contribution >= 0.6 is 0 Å². The third-order valence-corrected chi connectivity index (χ3v) is 5.50. The van der Waals surface area contributed by atoms with E-state index in [2.05, 4.69) is 22.5 Å². The minimum atomic E-state index is 0.0850. The normalized spacial score (nSPS) is 20.6. The lowest BCUT2D eigenvalue weighted by Crippen LogP contribution is -2.50. The van der Waals surface area contributed by atoms with Gasteiger partial charge in [0.05, 0.1) is 19.3 Å². The molecule has 27 heavy (non-hydrogen) atoms. The molecule has 0 bridgehead atoms. The number of nitrogens with zero attached hydrogens (tertiary/aromatic N) is 2. The molecule has 2 rings (SSSR count). The number of hydrogen-bond donors (Lipinski definition) is 2. The Hall–Kier alpha value is -1.30. The van der Waals surface area contributed by atoms with Gasteiger partial charge in [0.1, 0.15) is 0 Å². The molecule has 6 nitrogen and oxygen atoms in total. The van der Waals surface area contributed by atoms with Crippen LogP contribution in [0.3, 0.4) is 0 Å². The van der Waals surface area contributed by atoms with Crippen molar-refractivity contribution in [3.8, 4) is 0 Å². The molecular weight excluding hydrogens is 340 g/mol. The van der Waals surface area contributed by atoms with E-state index in [4.69, 9.17) is 4.74 Å². The van der Waals surface area contributed by atoms with E-state index in [0.717, 1.165) is 38.4 Å². The first kappa shape index (κ1) is 22.0. The Kier molecular flexibility index (Phi) is 9.95. The van der Waals surface area contributed by atoms with Gasteiger partial charge in [0.25, 0.3) is 0 Å². The van der Waals surface area contributed by atoms with Gasteiger partial charge < -0.3 is 20.3 Å². The van der Waals surface area contributed by atoms with E-state index in [1.807, 2.05) is 18.7 Å². The molecule has 0 aromatic carbocycles. The van der Waals surface area contributed by atoms with Crippen LogP contribution in [-0.4, -0.2) is 61.7 Å². The molecule has 1 saturated heterocycles. The number of carbonyl (C=O) groups excluding carboxylic acids is 1. The number of nitrogens with one attached hydrogen (secondary N) is 2. The van der Waals surface area contributed by atoms with Crippen molar-refractivity contribution in [3.63, 3.8) is 0 Å². The second-order valence-corrected chi connectivity index (χ2v) is 8.14. The van der Waals surface area contributed by atoms with Crippen molar-refractivity contribution >= 4 is 11.9 Å². The van der Waals surface area contributed by atoms with Gasteiger partial charge in [-0.15, -0.1) is 0 Å². The highest BCUT2D eigenvalue weighted by atomic mass is 16.5. The largest absolute Gasteiger partial charge is 0.376 e. The van der Waals surface area contributed by atoms with E-state index < -0.39 is 0 Å². The van der Waals surface area contributed by atoms with E-state index >= 15 is 0 Å². The van der Waals surface area contributed by atoms with Crippen LogP contribution in [0, 0.1) is 5.92 Å². The van der Waals surface area contributed by atoms with Gasteiger partial charge in [-0.2, -0.15) is 0 Å². The maximum Gasteiger partial charge on any atom is 0.225 e. The molecule has 6 heteroatoms. The first-order chi connectivity index (χ1) is 13.1. The predicted molar refractivity (Wildman–Crippen MR) is 111 cm³/mol. The number of guanidine groups is 1. The van der Waals surface area contributed by atoms with Gasteiger partial charge in [-0.1, -0.05) is 39.5 Å². The van der Waals surface area contributed by atoms with Gasteiger partial charge >= 0.3 is 0 Å². The molecule has 2 N–H and O–H groups in total. The van der Waals surface area contributed by atoms with Crippen LogP contribution in [0.15, 0.2) is 4.99 Å². The molecule has 1 aliphatic carbocycles. The number of amides is 1. The molecule has 0 unspecified atom stereocenters. The fourth-order valence-electron chi connectivity index (χ4n) is 3.91. The molecule has 0 radical (unpaired) electrons. The maximum absolute atomic E-state index is 12.1. The number of rotatable bonds is 7. The van der Waals surface area contributed by atoms with E-state index in [1.54, 1.807) is 0 Å². The number of carbonyl (C=O) groups is 1. The minimum absolute atomic E-state index is 0.0850. The first-order valence-electron chi connectivity index (χ1n) is 11.1. The van der Waals surface area contributed by atoms with Crippen LogP contribution in [0.1, 0.15) is 72.1 Å². The van der Waals surface area contributed by atoms with Crippen molar-refractivity contribution in [2.24, 2.45) is 10.9 Å². The van der Waals surface area contributed by atoms with E-state index in [9.17, 15) is 4.79 Å². The summed E-state index contributed by atoms with van der Waals surface area (Å²) >= 11 is 0. The van der Waals surface area contributed by atoms with Crippen LogP contribution < -0.4 is 10.6 Å². The Bertz CT molecular complexity index is 451. The summed E-state index contributed by atoms with van der Waals surface area (Å²) in [5, 5.41) is 6.87. The van der Waals surface area contributed by atoms with E-state index in [-0.39, 0.29) is 11.8 Å². The van der Waals surface area contributed by atoms with Gasteiger partial charge in [0.15, 0.2) is 5.96 Å². The first-order valence-corrected chi connectivity index (χ1v) is 11.1. The lowest BCUT2D eigenvalue weighted by molar-refractivity contribution is -0.135. The van der Waals surface area contributed by atoms with Crippen molar-refractivity contribution in [1.29, 1.82) is 0 Å². The number of likely N-dealkylation sites (tertiary alicyclic amines) is 1. The highest BCUT2D eigenvalue weighted by molar-refractivity contribution is 5.80. The summed E-state index contributed by atoms with van der Waals surface area (Å²) in [5.41, 5.74) is 0. The molecule has 1 saturated carbocycles.